The molecule has 16 atom stereocenters. The number of aliphatic hydroxyl groups is 13. The Hall–Kier alpha value is -3.62. The van der Waals surface area contributed by atoms with E-state index in [1.165, 1.54) is 18.2 Å². The van der Waals surface area contributed by atoms with Gasteiger partial charge in [-0.15, -0.1) is 0 Å². The van der Waals surface area contributed by atoms with Crippen molar-refractivity contribution < 1.29 is 105 Å². The number of ether oxygens (including phenoxy) is 7. The zero-order valence-electron chi connectivity index (χ0n) is 27.9. The van der Waals surface area contributed by atoms with Crippen molar-refractivity contribution in [2.24, 2.45) is 0 Å². The summed E-state index contributed by atoms with van der Waals surface area (Å²) < 4.78 is 40.0. The van der Waals surface area contributed by atoms with Gasteiger partial charge in [-0.05, 0) is 24.3 Å². The van der Waals surface area contributed by atoms with Crippen LogP contribution >= 0.6 is 0 Å². The third-order valence-corrected chi connectivity index (χ3v) is 9.44. The monoisotopic (exact) mass is 774 g/mol. The van der Waals surface area contributed by atoms with Crippen LogP contribution in [-0.2, 0) is 28.4 Å². The average Bonchev–Trinajstić information content (AvgIpc) is 3.16. The molecule has 300 valence electrons. The molecule has 0 spiro atoms. The van der Waals surface area contributed by atoms with Gasteiger partial charge in [0.25, 0.3) is 0 Å². The molecule has 4 heterocycles. The Balaban J connectivity index is 1.39. The fourth-order valence-corrected chi connectivity index (χ4v) is 6.31. The number of aliphatic hydroxyl groups excluding tert-OH is 13. The first-order chi connectivity index (χ1) is 25.7. The fraction of sp³-hybridized carbons (Fsp3) is 0.576. The van der Waals surface area contributed by atoms with Crippen LogP contribution in [0.2, 0.25) is 0 Å². The van der Waals surface area contributed by atoms with E-state index < -0.39 is 130 Å². The number of phenolic OH excluding ortho intramolecular Hbond substituents is 1. The summed E-state index contributed by atoms with van der Waals surface area (Å²) in [7, 11) is 0. The normalized spacial score (nSPS) is 41.1. The Morgan fingerprint density at radius 3 is 1.54 bits per heavy atom. The third-order valence-electron chi connectivity index (χ3n) is 9.44. The zero-order valence-corrected chi connectivity index (χ0v) is 27.9. The minimum atomic E-state index is -1.91. The lowest BCUT2D eigenvalue weighted by Crippen LogP contribution is -2.60. The van der Waals surface area contributed by atoms with Crippen molar-refractivity contribution in [1.29, 1.82) is 0 Å². The highest BCUT2D eigenvalue weighted by atomic mass is 16.7. The maximum atomic E-state index is 10.8. The van der Waals surface area contributed by atoms with Gasteiger partial charge in [0.2, 0.25) is 18.9 Å². The van der Waals surface area contributed by atoms with Gasteiger partial charge in [-0.25, -0.2) is 0 Å². The van der Waals surface area contributed by atoms with Crippen molar-refractivity contribution in [3.05, 3.63) is 64.8 Å². The number of hydrogen-bond donors (Lipinski definition) is 14. The van der Waals surface area contributed by atoms with E-state index in [1.807, 2.05) is 0 Å². The number of aromatic hydroxyl groups is 1. The predicted molar refractivity (Wildman–Crippen MR) is 171 cm³/mol. The molecule has 21 heteroatoms. The minimum absolute atomic E-state index is 0.0288. The van der Waals surface area contributed by atoms with E-state index in [9.17, 15) is 71.5 Å². The maximum Gasteiger partial charge on any atom is 0.229 e. The highest BCUT2D eigenvalue weighted by molar-refractivity contribution is 5.70. The van der Waals surface area contributed by atoms with Crippen LogP contribution in [0.4, 0.5) is 0 Å². The summed E-state index contributed by atoms with van der Waals surface area (Å²) in [6.45, 7) is -2.32. The van der Waals surface area contributed by atoms with Gasteiger partial charge in [-0.2, -0.15) is 0 Å². The van der Waals surface area contributed by atoms with E-state index in [-0.39, 0.29) is 34.2 Å². The summed E-state index contributed by atoms with van der Waals surface area (Å²) in [6.07, 6.45) is -23.2. The summed E-state index contributed by atoms with van der Waals surface area (Å²) in [6, 6.07) is 3.58. The highest BCUT2D eigenvalue weighted by Crippen LogP contribution is 2.42. The average molecular weight is 775 g/mol. The quantitative estimate of drug-likeness (QED) is 0.105. The molecule has 3 saturated heterocycles. The van der Waals surface area contributed by atoms with Gasteiger partial charge in [0, 0.05) is 23.3 Å². The molecule has 16 unspecified atom stereocenters. The maximum absolute atomic E-state index is 10.8. The number of benzene rings is 1. The lowest BCUT2D eigenvalue weighted by atomic mass is 9.96. The largest absolute Gasteiger partial charge is 0.508 e. The van der Waals surface area contributed by atoms with E-state index in [1.54, 1.807) is 0 Å². The second-order valence-corrected chi connectivity index (χ2v) is 13.1. The second kappa shape index (κ2) is 16.2. The summed E-state index contributed by atoms with van der Waals surface area (Å²) in [5, 5.41) is 144. The van der Waals surface area contributed by atoms with E-state index in [0.717, 1.165) is 18.2 Å². The smallest absolute Gasteiger partial charge is 0.229 e. The first kappa shape index (κ1) is 40.1. The lowest BCUT2D eigenvalue weighted by Gasteiger charge is -2.41. The van der Waals surface area contributed by atoms with Crippen molar-refractivity contribution in [2.75, 3.05) is 19.8 Å². The molecule has 0 saturated carbocycles. The minimum Gasteiger partial charge on any atom is -0.508 e. The van der Waals surface area contributed by atoms with Gasteiger partial charge in [-0.1, -0.05) is 0 Å². The first-order valence-electron chi connectivity index (χ1n) is 16.7. The number of rotatable bonds is 10. The molecule has 54 heavy (non-hydrogen) atoms. The van der Waals surface area contributed by atoms with E-state index in [0.29, 0.717) is 0 Å². The van der Waals surface area contributed by atoms with E-state index in [4.69, 9.17) is 33.2 Å². The first-order valence-corrected chi connectivity index (χ1v) is 16.7. The van der Waals surface area contributed by atoms with Crippen LogP contribution in [0.3, 0.4) is 0 Å². The molecular formula is C33H42O21. The van der Waals surface area contributed by atoms with Crippen LogP contribution in [0, 0.1) is 0 Å². The predicted octanol–water partition coefficient (Wildman–Crippen LogP) is -5.46. The number of fused-ring (bicyclic) bond motifs is 1. The Morgan fingerprint density at radius 1 is 0.556 bits per heavy atom. The molecule has 6 rings (SSSR count). The van der Waals surface area contributed by atoms with Crippen molar-refractivity contribution >= 4 is 5.76 Å². The van der Waals surface area contributed by atoms with Crippen LogP contribution in [0.5, 0.6) is 11.5 Å². The highest BCUT2D eigenvalue weighted by Gasteiger charge is 2.48. The number of hydrogen-bond acceptors (Lipinski definition) is 21. The summed E-state index contributed by atoms with van der Waals surface area (Å²) in [5.74, 6) is -2.11. The number of phenols is 1. The van der Waals surface area contributed by atoms with Crippen LogP contribution < -0.4 is 4.74 Å². The SMILES string of the molecule is OCC1OC(OC2=CC(O)=CC3OC(c4ccc(O)c(OC5OC(CO)C(O)C(O)C5O)c4)=C(OC4OC(CO)C(O)C(O)C4O)C=C23)C(O)C(O)C1O. The van der Waals surface area contributed by atoms with Crippen molar-refractivity contribution in [3.8, 4) is 11.5 Å². The Kier molecular flexibility index (Phi) is 12.0. The van der Waals surface area contributed by atoms with Crippen LogP contribution in [-0.4, -0.2) is 190 Å². The molecule has 3 fully saturated rings. The van der Waals surface area contributed by atoms with Gasteiger partial charge < -0.3 is 105 Å². The molecule has 0 aromatic heterocycles. The van der Waals surface area contributed by atoms with Crippen LogP contribution in [0.15, 0.2) is 59.3 Å². The summed E-state index contributed by atoms with van der Waals surface area (Å²) >= 11 is 0. The van der Waals surface area contributed by atoms with Gasteiger partial charge in [-0.3, -0.25) is 0 Å². The molecule has 21 nitrogen and oxygen atoms in total. The molecule has 0 radical (unpaired) electrons. The molecular weight excluding hydrogens is 732 g/mol. The van der Waals surface area contributed by atoms with Gasteiger partial charge in [0.1, 0.15) is 90.9 Å². The zero-order chi connectivity index (χ0) is 39.2. The van der Waals surface area contributed by atoms with Crippen molar-refractivity contribution in [2.45, 2.75) is 98.2 Å². The molecule has 1 aromatic carbocycles. The standard InChI is InChI=1S/C33H42O21/c34-7-18-21(39)24(42)27(45)31(52-18)49-15-5-11(37)4-14-12(15)6-17(51-33-29(47)26(44)23(41)20(9-36)54-33)30(48-14)10-1-2-13(38)16(3-10)50-32-28(46)25(43)22(40)19(8-35)53-32/h1-6,14,18-29,31-47H,7-9H2. The van der Waals surface area contributed by atoms with Crippen molar-refractivity contribution in [3.63, 3.8) is 0 Å². The van der Waals surface area contributed by atoms with Gasteiger partial charge >= 0.3 is 0 Å². The lowest BCUT2D eigenvalue weighted by molar-refractivity contribution is -0.291. The molecule has 4 aliphatic heterocycles. The van der Waals surface area contributed by atoms with E-state index in [2.05, 4.69) is 0 Å². The van der Waals surface area contributed by atoms with Gasteiger partial charge in [0.15, 0.2) is 23.0 Å². The second-order valence-electron chi connectivity index (χ2n) is 13.1. The fourth-order valence-electron chi connectivity index (χ4n) is 6.31. The van der Waals surface area contributed by atoms with Crippen LogP contribution in [0.1, 0.15) is 5.56 Å². The Labute approximate surface area is 304 Å². The van der Waals surface area contributed by atoms with Crippen LogP contribution in [0.25, 0.3) is 5.76 Å². The third kappa shape index (κ3) is 7.62. The number of allylic oxidation sites excluding steroid dienone is 2. The Bertz CT molecular complexity index is 1620. The molecule has 1 aliphatic carbocycles. The molecule has 0 bridgehead atoms. The summed E-state index contributed by atoms with van der Waals surface area (Å²) in [4.78, 5) is 0. The van der Waals surface area contributed by atoms with E-state index >= 15 is 0 Å². The summed E-state index contributed by atoms with van der Waals surface area (Å²) in [5.41, 5.74) is 0.0748. The molecule has 1 aromatic rings. The van der Waals surface area contributed by atoms with Crippen molar-refractivity contribution in [1.82, 2.24) is 0 Å². The molecule has 14 N–H and O–H groups in total. The molecule has 0 amide bonds. The topological polar surface area (TPSA) is 348 Å². The molecule has 5 aliphatic rings. The Morgan fingerprint density at radius 2 is 1.04 bits per heavy atom. The van der Waals surface area contributed by atoms with Gasteiger partial charge in [0.05, 0.1) is 19.8 Å².